The zero-order valence-electron chi connectivity index (χ0n) is 19.1. The lowest BCUT2D eigenvalue weighted by Crippen LogP contribution is -2.39. The van der Waals surface area contributed by atoms with Gasteiger partial charge in [0.05, 0.1) is 29.0 Å². The van der Waals surface area contributed by atoms with Crippen molar-refractivity contribution in [1.82, 2.24) is 23.8 Å². The minimum Gasteiger partial charge on any atom is -0.329 e. The number of aromatic nitrogens is 4. The van der Waals surface area contributed by atoms with E-state index in [1.54, 1.807) is 39.9 Å². The molecular weight excluding hydrogens is 481 g/mol. The van der Waals surface area contributed by atoms with Crippen LogP contribution in [0.3, 0.4) is 0 Å². The van der Waals surface area contributed by atoms with Crippen LogP contribution in [-0.4, -0.2) is 36.3 Å². The summed E-state index contributed by atoms with van der Waals surface area (Å²) >= 11 is 6.10. The number of halogens is 2. The van der Waals surface area contributed by atoms with Crippen molar-refractivity contribution in [3.05, 3.63) is 117 Å². The molecule has 0 aliphatic carbocycles. The molecule has 1 aliphatic rings. The van der Waals surface area contributed by atoms with E-state index in [-0.39, 0.29) is 17.0 Å². The average Bonchev–Trinajstić information content (AvgIpc) is 3.50. The summed E-state index contributed by atoms with van der Waals surface area (Å²) in [6.07, 6.45) is 5.46. The summed E-state index contributed by atoms with van der Waals surface area (Å²) in [7, 11) is 0. The van der Waals surface area contributed by atoms with Crippen LogP contribution in [0.5, 0.6) is 0 Å². The summed E-state index contributed by atoms with van der Waals surface area (Å²) in [6, 6.07) is 16.1. The number of nitrogens with one attached hydrogen (secondary N) is 1. The van der Waals surface area contributed by atoms with E-state index in [1.807, 2.05) is 36.5 Å². The Morgan fingerprint density at radius 1 is 1.11 bits per heavy atom. The molecule has 36 heavy (non-hydrogen) atoms. The van der Waals surface area contributed by atoms with Gasteiger partial charge >= 0.3 is 0 Å². The second-order valence-corrected chi connectivity index (χ2v) is 9.25. The predicted molar refractivity (Wildman–Crippen MR) is 135 cm³/mol. The Kier molecular flexibility index (Phi) is 5.45. The molecule has 0 saturated carbocycles. The van der Waals surface area contributed by atoms with Crippen LogP contribution in [0.2, 0.25) is 5.02 Å². The van der Waals surface area contributed by atoms with Gasteiger partial charge in [0.25, 0.3) is 11.5 Å². The number of carbonyl (C=O) groups excluding carboxylic acids is 1. The second kappa shape index (κ2) is 8.80. The van der Waals surface area contributed by atoms with Crippen LogP contribution < -0.4 is 5.56 Å². The van der Waals surface area contributed by atoms with Gasteiger partial charge in [0.15, 0.2) is 0 Å². The first-order valence-electron chi connectivity index (χ1n) is 11.5. The molecule has 7 nitrogen and oxygen atoms in total. The molecule has 3 aromatic heterocycles. The fourth-order valence-corrected chi connectivity index (χ4v) is 4.97. The molecule has 5 aromatic rings. The summed E-state index contributed by atoms with van der Waals surface area (Å²) in [5.41, 5.74) is 3.76. The third-order valence-corrected chi connectivity index (χ3v) is 6.77. The van der Waals surface area contributed by atoms with E-state index in [1.165, 1.54) is 6.07 Å². The number of H-pyrrole nitrogens is 1. The van der Waals surface area contributed by atoms with Gasteiger partial charge in [-0.15, -0.1) is 0 Å². The van der Waals surface area contributed by atoms with Gasteiger partial charge in [-0.25, -0.2) is 9.37 Å². The van der Waals surface area contributed by atoms with Crippen LogP contribution in [-0.2, 0) is 19.5 Å². The van der Waals surface area contributed by atoms with Gasteiger partial charge in [-0.3, -0.25) is 9.59 Å². The number of imidazole rings is 1. The summed E-state index contributed by atoms with van der Waals surface area (Å²) in [4.78, 5) is 34.3. The zero-order valence-corrected chi connectivity index (χ0v) is 19.9. The first-order chi connectivity index (χ1) is 17.5. The van der Waals surface area contributed by atoms with E-state index in [2.05, 4.69) is 14.5 Å². The minimum absolute atomic E-state index is 0.0157. The van der Waals surface area contributed by atoms with E-state index in [4.69, 9.17) is 11.6 Å². The Bertz CT molecular complexity index is 1670. The number of rotatable bonds is 4. The molecule has 0 fully saturated rings. The van der Waals surface area contributed by atoms with Crippen molar-refractivity contribution < 1.29 is 9.18 Å². The molecule has 0 atom stereocenters. The van der Waals surface area contributed by atoms with E-state index in [9.17, 15) is 14.0 Å². The zero-order chi connectivity index (χ0) is 24.8. The number of nitrogens with zero attached hydrogens (tertiary/aromatic N) is 4. The highest BCUT2D eigenvalue weighted by Crippen LogP contribution is 2.25. The predicted octanol–water partition coefficient (Wildman–Crippen LogP) is 4.53. The Morgan fingerprint density at radius 2 is 1.94 bits per heavy atom. The van der Waals surface area contributed by atoms with Gasteiger partial charge in [-0.2, -0.15) is 0 Å². The lowest BCUT2D eigenvalue weighted by atomic mass is 10.0. The third kappa shape index (κ3) is 3.89. The first-order valence-corrected chi connectivity index (χ1v) is 11.9. The minimum atomic E-state index is -0.571. The Morgan fingerprint density at radius 3 is 2.78 bits per heavy atom. The fourth-order valence-electron chi connectivity index (χ4n) is 4.77. The summed E-state index contributed by atoms with van der Waals surface area (Å²) in [5.74, 6) is -0.177. The van der Waals surface area contributed by atoms with Gasteiger partial charge in [0.2, 0.25) is 0 Å². The first kappa shape index (κ1) is 22.3. The maximum absolute atomic E-state index is 14.8. The van der Waals surface area contributed by atoms with Crippen LogP contribution in [0.25, 0.3) is 16.8 Å². The van der Waals surface area contributed by atoms with E-state index >= 15 is 0 Å². The molecule has 0 unspecified atom stereocenters. The Balaban J connectivity index is 1.26. The molecule has 0 saturated heterocycles. The molecule has 1 amide bonds. The van der Waals surface area contributed by atoms with Crippen LogP contribution in [0.15, 0.2) is 78.0 Å². The molecule has 1 aliphatic heterocycles. The number of carbonyl (C=O) groups is 1. The number of hydrogen-bond acceptors (Lipinski definition) is 3. The normalized spacial score (nSPS) is 13.2. The highest BCUT2D eigenvalue weighted by molar-refractivity contribution is 6.31. The lowest BCUT2D eigenvalue weighted by molar-refractivity contribution is 0.0703. The quantitative estimate of drug-likeness (QED) is 0.393. The Hall–Kier alpha value is -4.17. The van der Waals surface area contributed by atoms with Crippen LogP contribution in [0.4, 0.5) is 4.39 Å². The average molecular weight is 502 g/mol. The molecule has 1 N–H and O–H groups in total. The molecule has 9 heteroatoms. The van der Waals surface area contributed by atoms with Gasteiger partial charge in [0, 0.05) is 37.6 Å². The van der Waals surface area contributed by atoms with E-state index in [0.29, 0.717) is 36.6 Å². The number of hydrogen-bond donors (Lipinski definition) is 1. The third-order valence-electron chi connectivity index (χ3n) is 6.57. The van der Waals surface area contributed by atoms with Crippen molar-refractivity contribution in [3.8, 4) is 11.3 Å². The van der Waals surface area contributed by atoms with Crippen molar-refractivity contribution in [2.45, 2.75) is 19.5 Å². The smallest absolute Gasteiger partial charge is 0.272 e. The van der Waals surface area contributed by atoms with Gasteiger partial charge in [-0.05, 0) is 29.3 Å². The molecule has 4 heterocycles. The van der Waals surface area contributed by atoms with Crippen molar-refractivity contribution in [2.75, 3.05) is 6.54 Å². The van der Waals surface area contributed by atoms with Gasteiger partial charge in [0.1, 0.15) is 17.2 Å². The van der Waals surface area contributed by atoms with Crippen molar-refractivity contribution in [3.63, 3.8) is 0 Å². The molecule has 0 radical (unpaired) electrons. The Labute approximate surface area is 210 Å². The fraction of sp³-hybridized carbons (Fsp3) is 0.148. The lowest BCUT2D eigenvalue weighted by Gasteiger charge is -2.29. The summed E-state index contributed by atoms with van der Waals surface area (Å²) in [6.45, 7) is 1.34. The van der Waals surface area contributed by atoms with E-state index in [0.717, 1.165) is 28.3 Å². The van der Waals surface area contributed by atoms with Crippen LogP contribution >= 0.6 is 11.6 Å². The molecule has 180 valence electrons. The molecule has 6 rings (SSSR count). The van der Waals surface area contributed by atoms with Gasteiger partial charge < -0.3 is 18.9 Å². The topological polar surface area (TPSA) is 75.4 Å². The molecule has 0 spiro atoms. The van der Waals surface area contributed by atoms with Crippen molar-refractivity contribution in [2.24, 2.45) is 0 Å². The van der Waals surface area contributed by atoms with Crippen LogP contribution in [0.1, 0.15) is 27.4 Å². The van der Waals surface area contributed by atoms with Crippen molar-refractivity contribution in [1.29, 1.82) is 0 Å². The monoisotopic (exact) mass is 501 g/mol. The number of aromatic amines is 1. The summed E-state index contributed by atoms with van der Waals surface area (Å²) in [5, 5.41) is 0.446. The maximum Gasteiger partial charge on any atom is 0.272 e. The number of benzene rings is 2. The van der Waals surface area contributed by atoms with E-state index < -0.39 is 5.82 Å². The number of fused-ring (bicyclic) bond motifs is 2. The highest BCUT2D eigenvalue weighted by atomic mass is 35.5. The SMILES string of the molecule is O=C(c1cc(Cc2c[nH]c(=O)c3cc(Cl)cn23)ccc1F)N1CCn2c(-c3ccccc3)cnc2C1. The largest absolute Gasteiger partial charge is 0.329 e. The molecule has 2 aromatic carbocycles. The summed E-state index contributed by atoms with van der Waals surface area (Å²) < 4.78 is 18.6. The number of amides is 1. The van der Waals surface area contributed by atoms with Gasteiger partial charge in [-0.1, -0.05) is 48.0 Å². The van der Waals surface area contributed by atoms with Crippen molar-refractivity contribution >= 4 is 23.0 Å². The molecular formula is C27H21ClFN5O2. The highest BCUT2D eigenvalue weighted by Gasteiger charge is 2.26. The molecule has 0 bridgehead atoms. The standard InChI is InChI=1S/C27H21ClFN5O2/c28-19-12-23-26(35)31-13-20(34(23)15-19)10-17-6-7-22(29)21(11-17)27(36)32-8-9-33-24(14-30-25(33)16-32)18-4-2-1-3-5-18/h1-7,11-15H,8-10,16H2,(H,31,35). The van der Waals surface area contributed by atoms with Crippen LogP contribution in [0, 0.1) is 5.82 Å². The maximum atomic E-state index is 14.8. The second-order valence-electron chi connectivity index (χ2n) is 8.82.